The molecule has 0 atom stereocenters. The molecule has 2 aromatic rings. The van der Waals surface area contributed by atoms with Crippen LogP contribution in [-0.2, 0) is 5.41 Å². The Morgan fingerprint density at radius 3 is 2.11 bits per heavy atom. The van der Waals surface area contributed by atoms with Crippen molar-refractivity contribution in [1.29, 1.82) is 0 Å². The SMILES string of the molecule is CC(C)(C)c1ccc(OC(=O)c2cc[c]cc2)cc1. The summed E-state index contributed by atoms with van der Waals surface area (Å²) in [7, 11) is 0. The van der Waals surface area contributed by atoms with E-state index in [9.17, 15) is 4.79 Å². The van der Waals surface area contributed by atoms with Crippen molar-refractivity contribution in [3.8, 4) is 5.75 Å². The highest BCUT2D eigenvalue weighted by atomic mass is 16.5. The number of carbonyl (C=O) groups is 1. The molecule has 0 fully saturated rings. The van der Waals surface area contributed by atoms with Crippen molar-refractivity contribution >= 4 is 5.97 Å². The number of esters is 1. The van der Waals surface area contributed by atoms with Crippen molar-refractivity contribution in [1.82, 2.24) is 0 Å². The maximum Gasteiger partial charge on any atom is 0.343 e. The zero-order chi connectivity index (χ0) is 13.9. The van der Waals surface area contributed by atoms with E-state index >= 15 is 0 Å². The maximum atomic E-state index is 11.9. The summed E-state index contributed by atoms with van der Waals surface area (Å²) >= 11 is 0. The predicted octanol–water partition coefficient (Wildman–Crippen LogP) is 4.00. The molecule has 1 radical (unpaired) electrons. The average Bonchev–Trinajstić information content (AvgIpc) is 2.39. The Hall–Kier alpha value is -2.09. The molecule has 2 heteroatoms. The quantitative estimate of drug-likeness (QED) is 0.597. The summed E-state index contributed by atoms with van der Waals surface area (Å²) in [6.45, 7) is 6.44. The van der Waals surface area contributed by atoms with E-state index in [2.05, 4.69) is 26.8 Å². The van der Waals surface area contributed by atoms with Crippen molar-refractivity contribution in [2.45, 2.75) is 26.2 Å². The Kier molecular flexibility index (Phi) is 3.70. The molecule has 0 aromatic heterocycles. The van der Waals surface area contributed by atoms with E-state index in [4.69, 9.17) is 4.74 Å². The van der Waals surface area contributed by atoms with E-state index in [-0.39, 0.29) is 11.4 Å². The Balaban J connectivity index is 2.10. The molecule has 0 aliphatic rings. The van der Waals surface area contributed by atoms with Crippen LogP contribution in [0.2, 0.25) is 0 Å². The van der Waals surface area contributed by atoms with Crippen LogP contribution in [0.4, 0.5) is 0 Å². The van der Waals surface area contributed by atoms with Crippen LogP contribution >= 0.6 is 0 Å². The average molecular weight is 253 g/mol. The number of hydrogen-bond donors (Lipinski definition) is 0. The summed E-state index contributed by atoms with van der Waals surface area (Å²) in [6.07, 6.45) is 0. The molecular weight excluding hydrogens is 236 g/mol. The summed E-state index contributed by atoms with van der Waals surface area (Å²) in [5.74, 6) is 0.211. The van der Waals surface area contributed by atoms with E-state index in [0.717, 1.165) is 0 Å². The Morgan fingerprint density at radius 1 is 1.00 bits per heavy atom. The number of ether oxygens (including phenoxy) is 1. The molecule has 0 bridgehead atoms. The summed E-state index contributed by atoms with van der Waals surface area (Å²) in [5.41, 5.74) is 1.83. The second-order valence-electron chi connectivity index (χ2n) is 5.45. The zero-order valence-corrected chi connectivity index (χ0v) is 11.4. The molecule has 2 rings (SSSR count). The van der Waals surface area contributed by atoms with Gasteiger partial charge in [-0.1, -0.05) is 45.0 Å². The second-order valence-corrected chi connectivity index (χ2v) is 5.45. The van der Waals surface area contributed by atoms with Gasteiger partial charge in [-0.2, -0.15) is 0 Å². The molecule has 0 amide bonds. The lowest BCUT2D eigenvalue weighted by Gasteiger charge is -2.18. The smallest absolute Gasteiger partial charge is 0.343 e. The number of carbonyl (C=O) groups excluding carboxylic acids is 1. The first-order valence-corrected chi connectivity index (χ1v) is 6.26. The predicted molar refractivity (Wildman–Crippen MR) is 75.4 cm³/mol. The van der Waals surface area contributed by atoms with Gasteiger partial charge in [0.25, 0.3) is 0 Å². The lowest BCUT2D eigenvalue weighted by molar-refractivity contribution is 0.0734. The molecule has 0 saturated carbocycles. The van der Waals surface area contributed by atoms with E-state index < -0.39 is 0 Å². The van der Waals surface area contributed by atoms with Gasteiger partial charge in [-0.25, -0.2) is 4.79 Å². The minimum absolute atomic E-state index is 0.0950. The summed E-state index contributed by atoms with van der Waals surface area (Å²) < 4.78 is 5.32. The Morgan fingerprint density at radius 2 is 1.58 bits per heavy atom. The molecule has 2 aromatic carbocycles. The molecule has 0 saturated heterocycles. The summed E-state index contributed by atoms with van der Waals surface area (Å²) in [5, 5.41) is 0. The van der Waals surface area contributed by atoms with Crippen molar-refractivity contribution in [2.24, 2.45) is 0 Å². The van der Waals surface area contributed by atoms with E-state index in [0.29, 0.717) is 11.3 Å². The first-order valence-electron chi connectivity index (χ1n) is 6.26. The van der Waals surface area contributed by atoms with Crippen molar-refractivity contribution in [2.75, 3.05) is 0 Å². The Labute approximate surface area is 114 Å². The zero-order valence-electron chi connectivity index (χ0n) is 11.4. The molecule has 0 spiro atoms. The summed E-state index contributed by atoms with van der Waals surface area (Å²) in [4.78, 5) is 11.9. The lowest BCUT2D eigenvalue weighted by atomic mass is 9.87. The number of benzene rings is 2. The van der Waals surface area contributed by atoms with E-state index in [1.807, 2.05) is 24.3 Å². The minimum Gasteiger partial charge on any atom is -0.423 e. The molecule has 19 heavy (non-hydrogen) atoms. The van der Waals surface area contributed by atoms with Crippen molar-refractivity contribution in [3.63, 3.8) is 0 Å². The van der Waals surface area contributed by atoms with Crippen LogP contribution in [0.3, 0.4) is 0 Å². The van der Waals surface area contributed by atoms with Crippen molar-refractivity contribution in [3.05, 3.63) is 65.7 Å². The van der Waals surface area contributed by atoms with Gasteiger partial charge < -0.3 is 4.74 Å². The molecule has 0 aliphatic carbocycles. The molecule has 97 valence electrons. The van der Waals surface area contributed by atoms with Gasteiger partial charge in [0.1, 0.15) is 5.75 Å². The van der Waals surface area contributed by atoms with Gasteiger partial charge >= 0.3 is 5.97 Å². The van der Waals surface area contributed by atoms with Gasteiger partial charge in [0.05, 0.1) is 5.56 Å². The molecular formula is C17H17O2. The highest BCUT2D eigenvalue weighted by Crippen LogP contribution is 2.24. The van der Waals surface area contributed by atoms with E-state index in [1.54, 1.807) is 24.3 Å². The fraction of sp³-hybridized carbons (Fsp3) is 0.235. The third kappa shape index (κ3) is 3.44. The Bertz CT molecular complexity index is 548. The highest BCUT2D eigenvalue weighted by molar-refractivity contribution is 5.90. The third-order valence-corrected chi connectivity index (χ3v) is 2.88. The van der Waals surface area contributed by atoms with Gasteiger partial charge in [-0.05, 0) is 41.3 Å². The van der Waals surface area contributed by atoms with Gasteiger partial charge in [0.15, 0.2) is 0 Å². The minimum atomic E-state index is -0.350. The van der Waals surface area contributed by atoms with Gasteiger partial charge in [-0.3, -0.25) is 0 Å². The van der Waals surface area contributed by atoms with Gasteiger partial charge in [-0.15, -0.1) is 0 Å². The fourth-order valence-corrected chi connectivity index (χ4v) is 1.71. The molecule has 0 heterocycles. The molecule has 2 nitrogen and oxygen atoms in total. The van der Waals surface area contributed by atoms with Crippen LogP contribution in [0.1, 0.15) is 36.7 Å². The lowest BCUT2D eigenvalue weighted by Crippen LogP contribution is -2.11. The van der Waals surface area contributed by atoms with Crippen LogP contribution in [0.15, 0.2) is 48.5 Å². The number of hydrogen-bond acceptors (Lipinski definition) is 2. The first-order chi connectivity index (χ1) is 8.97. The number of rotatable bonds is 2. The van der Waals surface area contributed by atoms with Crippen LogP contribution in [0, 0.1) is 6.07 Å². The van der Waals surface area contributed by atoms with Crippen LogP contribution in [-0.4, -0.2) is 5.97 Å². The molecule has 0 N–H and O–H groups in total. The summed E-state index contributed by atoms with van der Waals surface area (Å²) in [6, 6.07) is 17.3. The van der Waals surface area contributed by atoms with Crippen LogP contribution in [0.25, 0.3) is 0 Å². The third-order valence-electron chi connectivity index (χ3n) is 2.88. The van der Waals surface area contributed by atoms with Crippen LogP contribution < -0.4 is 4.74 Å². The topological polar surface area (TPSA) is 26.3 Å². The van der Waals surface area contributed by atoms with Crippen molar-refractivity contribution < 1.29 is 9.53 Å². The highest BCUT2D eigenvalue weighted by Gasteiger charge is 2.14. The fourth-order valence-electron chi connectivity index (χ4n) is 1.71. The van der Waals surface area contributed by atoms with Gasteiger partial charge in [0.2, 0.25) is 0 Å². The van der Waals surface area contributed by atoms with E-state index in [1.165, 1.54) is 5.56 Å². The molecule has 0 unspecified atom stereocenters. The standard InChI is InChI=1S/C17H17O2/c1-17(2,3)14-9-11-15(12-10-14)19-16(18)13-7-5-4-6-8-13/h5-12H,1-3H3. The van der Waals surface area contributed by atoms with Crippen LogP contribution in [0.5, 0.6) is 5.75 Å². The maximum absolute atomic E-state index is 11.9. The first kappa shape index (κ1) is 13.3. The largest absolute Gasteiger partial charge is 0.423 e. The second kappa shape index (κ2) is 5.27. The molecule has 0 aliphatic heterocycles. The monoisotopic (exact) mass is 253 g/mol. The normalized spacial score (nSPS) is 11.1. The van der Waals surface area contributed by atoms with Gasteiger partial charge in [0, 0.05) is 0 Å².